The molecule has 0 aliphatic carbocycles. The zero-order chi connectivity index (χ0) is 13.9. The summed E-state index contributed by atoms with van der Waals surface area (Å²) in [5.41, 5.74) is 3.63. The molecule has 4 heteroatoms. The largest absolute Gasteiger partial charge is 0.366 e. The minimum Gasteiger partial charge on any atom is -0.366 e. The molecule has 100 valence electrons. The third-order valence-electron chi connectivity index (χ3n) is 3.15. The molecule has 0 spiro atoms. The van der Waals surface area contributed by atoms with Crippen LogP contribution >= 0.6 is 11.3 Å². The third kappa shape index (κ3) is 2.30. The van der Waals surface area contributed by atoms with Crippen molar-refractivity contribution < 1.29 is 0 Å². The Hall–Kier alpha value is -2.20. The first kappa shape index (κ1) is 12.8. The van der Waals surface area contributed by atoms with Crippen molar-refractivity contribution in [2.75, 3.05) is 11.9 Å². The van der Waals surface area contributed by atoms with E-state index in [1.54, 1.807) is 17.7 Å². The number of fused-ring (bicyclic) bond motifs is 1. The van der Waals surface area contributed by atoms with E-state index in [2.05, 4.69) is 58.4 Å². The Kier molecular flexibility index (Phi) is 3.48. The van der Waals surface area contributed by atoms with E-state index in [-0.39, 0.29) is 0 Å². The Bertz CT molecular complexity index is 744. The van der Waals surface area contributed by atoms with Crippen molar-refractivity contribution >= 4 is 27.4 Å². The summed E-state index contributed by atoms with van der Waals surface area (Å²) >= 11 is 1.64. The Labute approximate surface area is 122 Å². The van der Waals surface area contributed by atoms with Gasteiger partial charge in [0.2, 0.25) is 0 Å². The number of nitrogens with zero attached hydrogens (tertiary/aromatic N) is 2. The van der Waals surface area contributed by atoms with Crippen molar-refractivity contribution in [1.29, 1.82) is 0 Å². The number of benzene rings is 1. The first-order chi connectivity index (χ1) is 9.79. The highest BCUT2D eigenvalue weighted by Crippen LogP contribution is 2.36. The summed E-state index contributed by atoms with van der Waals surface area (Å²) in [5, 5.41) is 6.51. The first-order valence-corrected chi connectivity index (χ1v) is 7.31. The topological polar surface area (TPSA) is 37.8 Å². The molecular weight excluding hydrogens is 266 g/mol. The normalized spacial score (nSPS) is 10.7. The van der Waals surface area contributed by atoms with E-state index in [9.17, 15) is 0 Å². The van der Waals surface area contributed by atoms with Gasteiger partial charge in [0.05, 0.1) is 5.39 Å². The average molecular weight is 281 g/mol. The molecule has 0 saturated carbocycles. The van der Waals surface area contributed by atoms with Gasteiger partial charge in [0.25, 0.3) is 0 Å². The summed E-state index contributed by atoms with van der Waals surface area (Å²) in [6.45, 7) is 6.51. The molecule has 2 aromatic heterocycles. The van der Waals surface area contributed by atoms with Crippen LogP contribution in [-0.4, -0.2) is 16.5 Å². The third-order valence-corrected chi connectivity index (χ3v) is 4.03. The first-order valence-electron chi connectivity index (χ1n) is 6.43. The molecule has 0 amide bonds. The van der Waals surface area contributed by atoms with Crippen LogP contribution in [0.5, 0.6) is 0 Å². The highest BCUT2D eigenvalue weighted by atomic mass is 32.1. The lowest BCUT2D eigenvalue weighted by atomic mass is 10.0. The smallest absolute Gasteiger partial charge is 0.139 e. The summed E-state index contributed by atoms with van der Waals surface area (Å²) in [4.78, 5) is 9.71. The van der Waals surface area contributed by atoms with E-state index in [1.807, 2.05) is 6.08 Å². The van der Waals surface area contributed by atoms with Gasteiger partial charge in [-0.1, -0.05) is 35.9 Å². The van der Waals surface area contributed by atoms with E-state index >= 15 is 0 Å². The van der Waals surface area contributed by atoms with Crippen molar-refractivity contribution in [3.63, 3.8) is 0 Å². The minimum absolute atomic E-state index is 0.690. The molecule has 0 fully saturated rings. The fraction of sp³-hybridized carbons (Fsp3) is 0.125. The molecule has 20 heavy (non-hydrogen) atoms. The number of rotatable bonds is 4. The minimum atomic E-state index is 0.690. The van der Waals surface area contributed by atoms with Crippen LogP contribution in [0.1, 0.15) is 5.56 Å². The summed E-state index contributed by atoms with van der Waals surface area (Å²) in [6, 6.07) is 8.53. The number of hydrogen-bond donors (Lipinski definition) is 1. The van der Waals surface area contributed by atoms with E-state index in [0.29, 0.717) is 6.54 Å². The predicted octanol–water partition coefficient (Wildman–Crippen LogP) is 4.26. The number of hydrogen-bond acceptors (Lipinski definition) is 4. The van der Waals surface area contributed by atoms with Crippen molar-refractivity contribution in [2.24, 2.45) is 0 Å². The van der Waals surface area contributed by atoms with Crippen molar-refractivity contribution in [3.05, 3.63) is 54.2 Å². The van der Waals surface area contributed by atoms with Crippen LogP contribution < -0.4 is 5.32 Å². The summed E-state index contributed by atoms with van der Waals surface area (Å²) < 4.78 is 0. The van der Waals surface area contributed by atoms with Gasteiger partial charge in [-0.2, -0.15) is 0 Å². The maximum Gasteiger partial charge on any atom is 0.139 e. The molecule has 3 aromatic rings. The molecule has 0 bridgehead atoms. The van der Waals surface area contributed by atoms with Crippen LogP contribution in [0.2, 0.25) is 0 Å². The Morgan fingerprint density at radius 1 is 1.25 bits per heavy atom. The quantitative estimate of drug-likeness (QED) is 0.726. The molecular formula is C16H15N3S. The monoisotopic (exact) mass is 281 g/mol. The number of aromatic nitrogens is 2. The molecule has 0 saturated heterocycles. The molecule has 2 heterocycles. The average Bonchev–Trinajstić information content (AvgIpc) is 2.90. The van der Waals surface area contributed by atoms with Gasteiger partial charge < -0.3 is 5.32 Å². The molecule has 1 N–H and O–H groups in total. The van der Waals surface area contributed by atoms with E-state index in [4.69, 9.17) is 0 Å². The predicted molar refractivity (Wildman–Crippen MR) is 86.3 cm³/mol. The van der Waals surface area contributed by atoms with E-state index in [1.165, 1.54) is 16.7 Å². The number of aryl methyl sites for hydroxylation is 1. The maximum atomic E-state index is 4.36. The Morgan fingerprint density at radius 2 is 2.05 bits per heavy atom. The van der Waals surface area contributed by atoms with Gasteiger partial charge >= 0.3 is 0 Å². The number of nitrogens with one attached hydrogen (secondary N) is 1. The Balaban J connectivity index is 2.15. The van der Waals surface area contributed by atoms with Gasteiger partial charge in [0, 0.05) is 17.5 Å². The van der Waals surface area contributed by atoms with Crippen LogP contribution in [0.25, 0.3) is 21.3 Å². The lowest BCUT2D eigenvalue weighted by Crippen LogP contribution is -2.01. The van der Waals surface area contributed by atoms with Gasteiger partial charge in [-0.15, -0.1) is 17.9 Å². The standard InChI is InChI=1S/C16H15N3S/c1-3-8-17-15-14-13(9-20-16(14)19-10-18-15)12-6-4-11(2)5-7-12/h3-7,9-10H,1,8H2,2H3,(H,17,18,19). The molecule has 3 nitrogen and oxygen atoms in total. The molecule has 3 rings (SSSR count). The molecule has 1 aromatic carbocycles. The van der Waals surface area contributed by atoms with Crippen molar-refractivity contribution in [3.8, 4) is 11.1 Å². The molecule has 0 atom stereocenters. The van der Waals surface area contributed by atoms with Crippen LogP contribution in [0, 0.1) is 6.92 Å². The SMILES string of the molecule is C=CCNc1ncnc2scc(-c3ccc(C)cc3)c12. The van der Waals surface area contributed by atoms with Crippen LogP contribution in [-0.2, 0) is 0 Å². The second kappa shape index (κ2) is 5.43. The zero-order valence-corrected chi connectivity index (χ0v) is 12.1. The number of thiophene rings is 1. The van der Waals surface area contributed by atoms with Crippen LogP contribution in [0.3, 0.4) is 0 Å². The fourth-order valence-corrected chi connectivity index (χ4v) is 3.04. The fourth-order valence-electron chi connectivity index (χ4n) is 2.12. The van der Waals surface area contributed by atoms with Gasteiger partial charge in [-0.05, 0) is 12.5 Å². The van der Waals surface area contributed by atoms with Crippen LogP contribution in [0.4, 0.5) is 5.82 Å². The highest BCUT2D eigenvalue weighted by Gasteiger charge is 2.12. The second-order valence-corrected chi connectivity index (χ2v) is 5.45. The van der Waals surface area contributed by atoms with Crippen molar-refractivity contribution in [1.82, 2.24) is 9.97 Å². The summed E-state index contributed by atoms with van der Waals surface area (Å²) in [5.74, 6) is 0.867. The van der Waals surface area contributed by atoms with Crippen LogP contribution in [0.15, 0.2) is 48.6 Å². The van der Waals surface area contributed by atoms with E-state index in [0.717, 1.165) is 16.0 Å². The lowest BCUT2D eigenvalue weighted by Gasteiger charge is -2.06. The Morgan fingerprint density at radius 3 is 2.80 bits per heavy atom. The molecule has 0 aliphatic rings. The number of anilines is 1. The highest BCUT2D eigenvalue weighted by molar-refractivity contribution is 7.17. The van der Waals surface area contributed by atoms with E-state index < -0.39 is 0 Å². The zero-order valence-electron chi connectivity index (χ0n) is 11.3. The summed E-state index contributed by atoms with van der Waals surface area (Å²) in [7, 11) is 0. The maximum absolute atomic E-state index is 4.36. The lowest BCUT2D eigenvalue weighted by molar-refractivity contribution is 1.19. The summed E-state index contributed by atoms with van der Waals surface area (Å²) in [6.07, 6.45) is 3.43. The second-order valence-electron chi connectivity index (χ2n) is 4.59. The van der Waals surface area contributed by atoms with Gasteiger partial charge in [-0.3, -0.25) is 0 Å². The van der Waals surface area contributed by atoms with Gasteiger partial charge in [0.15, 0.2) is 0 Å². The molecule has 0 radical (unpaired) electrons. The molecule has 0 unspecified atom stereocenters. The van der Waals surface area contributed by atoms with Gasteiger partial charge in [0.1, 0.15) is 17.0 Å². The van der Waals surface area contributed by atoms with Crippen molar-refractivity contribution in [2.45, 2.75) is 6.92 Å². The molecule has 0 aliphatic heterocycles. The van der Waals surface area contributed by atoms with Gasteiger partial charge in [-0.25, -0.2) is 9.97 Å².